The maximum atomic E-state index is 12.9. The van der Waals surface area contributed by atoms with E-state index in [0.717, 1.165) is 43.1 Å². The largest absolute Gasteiger partial charge is 0.501 e. The molecule has 44 heavy (non-hydrogen) atoms. The Balaban J connectivity index is 0.000000676. The summed E-state index contributed by atoms with van der Waals surface area (Å²) in [4.78, 5) is 22.9. The number of carboxylic acids is 1. The summed E-state index contributed by atoms with van der Waals surface area (Å²) in [5.74, 6) is -1.44. The number of amides is 2. The molecule has 2 fully saturated rings. The zero-order chi connectivity index (χ0) is 33.1. The van der Waals surface area contributed by atoms with Crippen molar-refractivity contribution in [1.82, 2.24) is 10.2 Å². The predicted octanol–water partition coefficient (Wildman–Crippen LogP) is 4.95. The number of hydrogen-bond acceptors (Lipinski definition) is 7. The molecule has 244 valence electrons. The van der Waals surface area contributed by atoms with Crippen LogP contribution in [0.3, 0.4) is 0 Å². The second-order valence-corrected chi connectivity index (χ2v) is 12.3. The lowest BCUT2D eigenvalue weighted by molar-refractivity contribution is -0.192. The molecule has 4 rings (SSSR count). The number of ether oxygens (including phenoxy) is 2. The average Bonchev–Trinajstić information content (AvgIpc) is 3.28. The number of carbonyl (C=O) groups excluding carboxylic acids is 1. The van der Waals surface area contributed by atoms with Gasteiger partial charge in [0.2, 0.25) is 0 Å². The van der Waals surface area contributed by atoms with Crippen molar-refractivity contribution < 1.29 is 58.9 Å². The summed E-state index contributed by atoms with van der Waals surface area (Å²) in [5, 5.41) is 12.5. The van der Waals surface area contributed by atoms with Gasteiger partial charge in [-0.2, -0.15) is 26.3 Å². The molecule has 10 nitrogen and oxygen atoms in total. The van der Waals surface area contributed by atoms with Gasteiger partial charge in [-0.3, -0.25) is 0 Å². The molecule has 2 aromatic carbocycles. The van der Waals surface area contributed by atoms with Crippen LogP contribution in [0.15, 0.2) is 47.4 Å². The van der Waals surface area contributed by atoms with Gasteiger partial charge in [0.1, 0.15) is 0 Å². The highest BCUT2D eigenvalue weighted by Gasteiger charge is 2.51. The normalized spacial score (nSPS) is 22.2. The number of methoxy groups -OCH3 is 2. The second-order valence-electron chi connectivity index (χ2n) is 10.3. The van der Waals surface area contributed by atoms with E-state index in [1.165, 1.54) is 6.07 Å². The smallest absolute Gasteiger partial charge is 0.493 e. The highest BCUT2D eigenvalue weighted by atomic mass is 32.2. The van der Waals surface area contributed by atoms with Crippen molar-refractivity contribution in [2.24, 2.45) is 0 Å². The van der Waals surface area contributed by atoms with Gasteiger partial charge in [0.25, 0.3) is 9.84 Å². The average molecular weight is 656 g/mol. The van der Waals surface area contributed by atoms with Crippen molar-refractivity contribution in [2.75, 3.05) is 33.1 Å². The third kappa shape index (κ3) is 7.49. The Morgan fingerprint density at radius 3 is 2.20 bits per heavy atom. The molecule has 17 heteroatoms. The van der Waals surface area contributed by atoms with Crippen LogP contribution in [0.5, 0.6) is 11.5 Å². The van der Waals surface area contributed by atoms with Crippen molar-refractivity contribution >= 4 is 27.5 Å². The van der Waals surface area contributed by atoms with Gasteiger partial charge in [-0.1, -0.05) is 12.1 Å². The fourth-order valence-corrected chi connectivity index (χ4v) is 6.43. The van der Waals surface area contributed by atoms with Crippen molar-refractivity contribution in [3.63, 3.8) is 0 Å². The molecule has 2 aromatic rings. The van der Waals surface area contributed by atoms with E-state index in [-0.39, 0.29) is 23.2 Å². The molecule has 0 aromatic heterocycles. The number of likely N-dealkylation sites (N-methyl/N-ethyl adjacent to an activating group) is 1. The van der Waals surface area contributed by atoms with Gasteiger partial charge in [0, 0.05) is 23.2 Å². The van der Waals surface area contributed by atoms with E-state index in [2.05, 4.69) is 28.6 Å². The van der Waals surface area contributed by atoms with Crippen LogP contribution in [0, 0.1) is 0 Å². The summed E-state index contributed by atoms with van der Waals surface area (Å²) in [6, 6.07) is 9.51. The van der Waals surface area contributed by atoms with Crippen LogP contribution in [0.1, 0.15) is 31.2 Å². The summed E-state index contributed by atoms with van der Waals surface area (Å²) in [6.07, 6.45) is -1.92. The number of aliphatic carboxylic acids is 1. The third-order valence-electron chi connectivity index (χ3n) is 7.77. The minimum absolute atomic E-state index is 0.0451. The van der Waals surface area contributed by atoms with Crippen LogP contribution in [0.2, 0.25) is 0 Å². The lowest BCUT2D eigenvalue weighted by Crippen LogP contribution is -2.52. The maximum absolute atomic E-state index is 12.9. The van der Waals surface area contributed by atoms with Gasteiger partial charge in [0.05, 0.1) is 19.1 Å². The summed E-state index contributed by atoms with van der Waals surface area (Å²) >= 11 is 0. The molecule has 1 heterocycles. The van der Waals surface area contributed by atoms with Crippen molar-refractivity contribution in [1.29, 1.82) is 0 Å². The Bertz CT molecular complexity index is 1470. The molecule has 0 radical (unpaired) electrons. The molecule has 3 N–H and O–H groups in total. The molecule has 3 unspecified atom stereocenters. The van der Waals surface area contributed by atoms with Crippen LogP contribution in [0.4, 0.5) is 36.8 Å². The summed E-state index contributed by atoms with van der Waals surface area (Å²) in [7, 11) is -0.262. The van der Waals surface area contributed by atoms with Gasteiger partial charge in [-0.15, -0.1) is 0 Å². The Kier molecular flexibility index (Phi) is 10.3. The fourth-order valence-electron chi connectivity index (χ4n) is 5.62. The van der Waals surface area contributed by atoms with Crippen LogP contribution < -0.4 is 20.1 Å². The van der Waals surface area contributed by atoms with E-state index >= 15 is 0 Å². The lowest BCUT2D eigenvalue weighted by atomic mass is 9.65. The standard InChI is InChI=1S/C25H30F3N3O5S.C2HF3O2/c1-31-12-11-24(16-7-8-20(35-2)21(13-16)36-3)10-9-18(15-22(24)31)30-23(32)29-17-5-4-6-19(14-17)37(33,34)25(26,27)28;3-2(4,5)1(6)7/h4-8,13-14,18,22H,9-12,15H2,1-3H3,(H2,29,30,32);(H,6,7). The zero-order valence-corrected chi connectivity index (χ0v) is 24.6. The molecule has 1 saturated carbocycles. The van der Waals surface area contributed by atoms with Crippen LogP contribution in [0.25, 0.3) is 0 Å². The van der Waals surface area contributed by atoms with Gasteiger partial charge in [0.15, 0.2) is 11.5 Å². The van der Waals surface area contributed by atoms with E-state index in [9.17, 15) is 39.6 Å². The molecule has 2 amide bonds. The van der Waals surface area contributed by atoms with E-state index in [1.54, 1.807) is 14.2 Å². The monoisotopic (exact) mass is 655 g/mol. The first-order valence-corrected chi connectivity index (χ1v) is 14.6. The zero-order valence-electron chi connectivity index (χ0n) is 23.8. The Morgan fingerprint density at radius 2 is 1.64 bits per heavy atom. The SMILES string of the molecule is COc1ccc(C23CCC(NC(=O)Nc4cccc(S(=O)(=O)C(F)(F)F)c4)CC2N(C)CC3)cc1OC.O=C(O)C(F)(F)F. The number of alkyl halides is 6. The van der Waals surface area contributed by atoms with Gasteiger partial charge in [-0.05, 0) is 75.2 Å². The lowest BCUT2D eigenvalue weighted by Gasteiger charge is -2.45. The molecule has 1 saturated heterocycles. The molecular formula is C27H31F6N3O7S. The number of sulfone groups is 1. The number of urea groups is 1. The van der Waals surface area contributed by atoms with Gasteiger partial charge >= 0.3 is 23.7 Å². The number of nitrogens with zero attached hydrogens (tertiary/aromatic N) is 1. The highest BCUT2D eigenvalue weighted by Crippen LogP contribution is 2.50. The third-order valence-corrected chi connectivity index (χ3v) is 9.25. The first-order valence-electron chi connectivity index (χ1n) is 13.1. The van der Waals surface area contributed by atoms with E-state index in [1.807, 2.05) is 12.1 Å². The summed E-state index contributed by atoms with van der Waals surface area (Å²) < 4.78 is 105. The number of rotatable bonds is 6. The number of nitrogens with one attached hydrogen (secondary N) is 2. The Morgan fingerprint density at radius 1 is 1.00 bits per heavy atom. The van der Waals surface area contributed by atoms with E-state index in [0.29, 0.717) is 24.3 Å². The number of halogens is 6. The predicted molar refractivity (Wildman–Crippen MR) is 145 cm³/mol. The first kappa shape index (κ1) is 34.8. The van der Waals surface area contributed by atoms with Crippen molar-refractivity contribution in [3.8, 4) is 11.5 Å². The summed E-state index contributed by atoms with van der Waals surface area (Å²) in [6.45, 7) is 0.901. The highest BCUT2D eigenvalue weighted by molar-refractivity contribution is 7.92. The van der Waals surface area contributed by atoms with Crippen molar-refractivity contribution in [3.05, 3.63) is 48.0 Å². The molecule has 1 aliphatic carbocycles. The van der Waals surface area contributed by atoms with Gasteiger partial charge < -0.3 is 30.1 Å². The first-order chi connectivity index (χ1) is 20.4. The quantitative estimate of drug-likeness (QED) is 0.373. The molecule has 2 aliphatic rings. The Labute approximate surface area is 249 Å². The number of anilines is 1. The van der Waals surface area contributed by atoms with Crippen LogP contribution in [-0.2, 0) is 20.0 Å². The second kappa shape index (κ2) is 13.1. The van der Waals surface area contributed by atoms with Crippen molar-refractivity contribution in [2.45, 2.75) is 59.8 Å². The maximum Gasteiger partial charge on any atom is 0.501 e. The number of benzene rings is 2. The molecule has 3 atom stereocenters. The number of carboxylic acid groups (broad SMARTS) is 1. The van der Waals surface area contributed by atoms with Crippen LogP contribution in [-0.4, -0.2) is 82.0 Å². The summed E-state index contributed by atoms with van der Waals surface area (Å²) in [5.41, 5.74) is -4.42. The fraction of sp³-hybridized carbons (Fsp3) is 0.481. The number of likely N-dealkylation sites (tertiary alicyclic amines) is 1. The van der Waals surface area contributed by atoms with E-state index in [4.69, 9.17) is 19.4 Å². The van der Waals surface area contributed by atoms with Crippen LogP contribution >= 0.6 is 0 Å². The topological polar surface area (TPSA) is 134 Å². The van der Waals surface area contributed by atoms with Gasteiger partial charge in [-0.25, -0.2) is 18.0 Å². The molecule has 0 spiro atoms. The number of fused-ring (bicyclic) bond motifs is 1. The van der Waals surface area contributed by atoms with E-state index < -0.39 is 38.4 Å². The minimum Gasteiger partial charge on any atom is -0.493 e. The molecule has 0 bridgehead atoms. The Hall–Kier alpha value is -3.73. The molecule has 1 aliphatic heterocycles. The minimum atomic E-state index is -5.51. The number of carbonyl (C=O) groups is 2. The number of hydrogen-bond donors (Lipinski definition) is 3. The molecular weight excluding hydrogens is 624 g/mol.